The van der Waals surface area contributed by atoms with Crippen molar-refractivity contribution in [1.82, 2.24) is 25.5 Å². The Morgan fingerprint density at radius 1 is 1.07 bits per heavy atom. The van der Waals surface area contributed by atoms with E-state index in [4.69, 9.17) is 15.2 Å². The van der Waals surface area contributed by atoms with Crippen LogP contribution in [-0.2, 0) is 11.3 Å². The standard InChI is InChI=1S/C30H27FN6O5S/c31-21-6-17-7-23(10-21)42-26-4-5-37(29(40)25-16-43-30(32)36-25)14-24(26)35-28(39)20-8-19(12-33-13-20)18-2-1-3-22(9-18)41-15-27(38)34-11-17/h1-3,6-10,12-13,16,24,26H,4-5,11,14-15H2,(H2,32,36)(H,34,38)(H,35,39)/t24-,26+/m1/s1. The summed E-state index contributed by atoms with van der Waals surface area (Å²) in [5, 5.41) is 7.61. The third-order valence-corrected chi connectivity index (χ3v) is 7.81. The Morgan fingerprint density at radius 3 is 2.77 bits per heavy atom. The van der Waals surface area contributed by atoms with Crippen LogP contribution in [0.25, 0.3) is 11.1 Å². The molecule has 4 N–H and O–H groups in total. The summed E-state index contributed by atoms with van der Waals surface area (Å²) in [6.45, 7) is 0.253. The molecule has 6 rings (SSSR count). The molecule has 11 nitrogen and oxygen atoms in total. The molecule has 2 atom stereocenters. The smallest absolute Gasteiger partial charge is 0.273 e. The molecule has 4 aromatic rings. The third-order valence-electron chi connectivity index (χ3n) is 7.14. The first-order valence-electron chi connectivity index (χ1n) is 13.5. The van der Waals surface area contributed by atoms with Gasteiger partial charge in [-0.3, -0.25) is 19.4 Å². The number of ether oxygens (including phenoxy) is 2. The molecule has 0 unspecified atom stereocenters. The van der Waals surface area contributed by atoms with Gasteiger partial charge in [0.2, 0.25) is 0 Å². The molecule has 13 heteroatoms. The first kappa shape index (κ1) is 28.1. The molecule has 2 aromatic heterocycles. The van der Waals surface area contributed by atoms with E-state index in [1.807, 2.05) is 6.07 Å². The molecule has 0 aliphatic carbocycles. The molecule has 2 aromatic carbocycles. The van der Waals surface area contributed by atoms with Gasteiger partial charge in [-0.15, -0.1) is 11.3 Å². The minimum Gasteiger partial charge on any atom is -0.488 e. The number of hydrogen-bond donors (Lipinski definition) is 3. The number of nitrogens with one attached hydrogen (secondary N) is 2. The molecular weight excluding hydrogens is 575 g/mol. The SMILES string of the molecule is Nc1nc(C(=O)N2CC[C@@H]3Oc4cc(F)cc(c4)CNC(=O)COc4cccc(c4)-c4cncc(c4)C(=O)N[C@@H]3C2)cs1. The fourth-order valence-electron chi connectivity index (χ4n) is 5.05. The van der Waals surface area contributed by atoms with Gasteiger partial charge in [-0.2, -0.15) is 0 Å². The minimum absolute atomic E-state index is 0.0533. The van der Waals surface area contributed by atoms with Crippen LogP contribution in [0.5, 0.6) is 11.5 Å². The van der Waals surface area contributed by atoms with Crippen molar-refractivity contribution in [1.29, 1.82) is 0 Å². The van der Waals surface area contributed by atoms with Crippen LogP contribution in [0.15, 0.2) is 66.3 Å². The number of piperidine rings is 1. The normalized spacial score (nSPS) is 18.9. The predicted molar refractivity (Wildman–Crippen MR) is 156 cm³/mol. The molecule has 220 valence electrons. The summed E-state index contributed by atoms with van der Waals surface area (Å²) in [4.78, 5) is 49.2. The average Bonchev–Trinajstić information content (AvgIpc) is 3.45. The van der Waals surface area contributed by atoms with Crippen molar-refractivity contribution in [3.63, 3.8) is 0 Å². The monoisotopic (exact) mass is 602 g/mol. The van der Waals surface area contributed by atoms with Gasteiger partial charge in [0.15, 0.2) is 11.7 Å². The molecule has 2 aliphatic heterocycles. The van der Waals surface area contributed by atoms with E-state index in [2.05, 4.69) is 20.6 Å². The summed E-state index contributed by atoms with van der Waals surface area (Å²) in [6, 6.07) is 12.3. The van der Waals surface area contributed by atoms with Crippen LogP contribution in [0.4, 0.5) is 9.52 Å². The Bertz CT molecular complexity index is 1700. The zero-order chi connectivity index (χ0) is 29.9. The number of pyridine rings is 1. The van der Waals surface area contributed by atoms with Gasteiger partial charge in [0.25, 0.3) is 17.7 Å². The highest BCUT2D eigenvalue weighted by atomic mass is 32.1. The van der Waals surface area contributed by atoms with E-state index in [1.54, 1.807) is 46.8 Å². The van der Waals surface area contributed by atoms with Crippen molar-refractivity contribution < 1.29 is 28.2 Å². The van der Waals surface area contributed by atoms with Crippen molar-refractivity contribution in [3.05, 3.63) is 88.9 Å². The molecule has 6 bridgehead atoms. The number of anilines is 1. The Labute approximate surface area is 249 Å². The minimum atomic E-state index is -0.657. The van der Waals surface area contributed by atoms with Crippen molar-refractivity contribution in [2.75, 3.05) is 25.4 Å². The maximum absolute atomic E-state index is 14.6. The van der Waals surface area contributed by atoms with Crippen molar-refractivity contribution in [2.45, 2.75) is 25.1 Å². The number of nitrogen functional groups attached to an aromatic ring is 1. The van der Waals surface area contributed by atoms with Crippen LogP contribution in [0.2, 0.25) is 0 Å². The predicted octanol–water partition coefficient (Wildman–Crippen LogP) is 3.03. The van der Waals surface area contributed by atoms with Gasteiger partial charge >= 0.3 is 0 Å². The van der Waals surface area contributed by atoms with Gasteiger partial charge in [0.05, 0.1) is 11.6 Å². The quantitative estimate of drug-likeness (QED) is 0.301. The topological polar surface area (TPSA) is 149 Å². The number of carbonyl (C=O) groups is 3. The van der Waals surface area contributed by atoms with E-state index >= 15 is 0 Å². The second kappa shape index (κ2) is 12.1. The zero-order valence-electron chi connectivity index (χ0n) is 22.8. The third kappa shape index (κ3) is 6.56. The van der Waals surface area contributed by atoms with Gasteiger partial charge in [-0.1, -0.05) is 12.1 Å². The number of benzene rings is 2. The number of rotatable bonds is 1. The molecule has 43 heavy (non-hydrogen) atoms. The molecule has 1 saturated heterocycles. The number of likely N-dealkylation sites (tertiary alicyclic amines) is 1. The van der Waals surface area contributed by atoms with Crippen molar-refractivity contribution >= 4 is 34.2 Å². The Kier molecular flexibility index (Phi) is 7.88. The second-order valence-corrected chi connectivity index (χ2v) is 11.1. The molecule has 3 amide bonds. The molecule has 0 spiro atoms. The summed E-state index contributed by atoms with van der Waals surface area (Å²) in [7, 11) is 0. The van der Waals surface area contributed by atoms with E-state index in [9.17, 15) is 18.8 Å². The summed E-state index contributed by atoms with van der Waals surface area (Å²) >= 11 is 1.17. The summed E-state index contributed by atoms with van der Waals surface area (Å²) in [6.07, 6.45) is 2.83. The lowest BCUT2D eigenvalue weighted by atomic mass is 10.00. The maximum Gasteiger partial charge on any atom is 0.273 e. The summed E-state index contributed by atoms with van der Waals surface area (Å²) < 4.78 is 26.5. The lowest BCUT2D eigenvalue weighted by Crippen LogP contribution is -2.58. The molecule has 0 saturated carbocycles. The summed E-state index contributed by atoms with van der Waals surface area (Å²) in [5.41, 5.74) is 8.15. The summed E-state index contributed by atoms with van der Waals surface area (Å²) in [5.74, 6) is -0.968. The molecule has 1 fully saturated rings. The highest BCUT2D eigenvalue weighted by Gasteiger charge is 2.35. The van der Waals surface area contributed by atoms with Gasteiger partial charge in [-0.05, 0) is 41.5 Å². The number of thiazole rings is 1. The average molecular weight is 603 g/mol. The molecule has 0 radical (unpaired) electrons. The van der Waals surface area contributed by atoms with E-state index in [1.165, 1.54) is 29.7 Å². The number of aromatic nitrogens is 2. The largest absolute Gasteiger partial charge is 0.488 e. The molecule has 4 heterocycles. The van der Waals surface area contributed by atoms with Crippen LogP contribution in [0.1, 0.15) is 32.8 Å². The fraction of sp³-hybridized carbons (Fsp3) is 0.233. The van der Waals surface area contributed by atoms with E-state index in [0.29, 0.717) is 35.4 Å². The number of nitrogens with zero attached hydrogens (tertiary/aromatic N) is 3. The zero-order valence-corrected chi connectivity index (χ0v) is 23.6. The van der Waals surface area contributed by atoms with Crippen LogP contribution in [0.3, 0.4) is 0 Å². The first-order chi connectivity index (χ1) is 20.8. The lowest BCUT2D eigenvalue weighted by Gasteiger charge is -2.38. The molecular formula is C30H27FN6O5S. The number of halogens is 1. The van der Waals surface area contributed by atoms with Crippen LogP contribution in [0, 0.1) is 5.82 Å². The second-order valence-electron chi connectivity index (χ2n) is 10.2. The van der Waals surface area contributed by atoms with Gasteiger partial charge < -0.3 is 30.7 Å². The number of amides is 3. The Morgan fingerprint density at radius 2 is 1.93 bits per heavy atom. The first-order valence-corrected chi connectivity index (χ1v) is 14.4. The number of hydrogen-bond acceptors (Lipinski definition) is 9. The Balaban J connectivity index is 1.34. The highest BCUT2D eigenvalue weighted by molar-refractivity contribution is 7.13. The van der Waals surface area contributed by atoms with E-state index < -0.39 is 23.9 Å². The molecule has 2 aliphatic rings. The van der Waals surface area contributed by atoms with Crippen LogP contribution >= 0.6 is 11.3 Å². The van der Waals surface area contributed by atoms with Gasteiger partial charge in [-0.25, -0.2) is 9.37 Å². The fourth-order valence-corrected chi connectivity index (χ4v) is 5.58. The highest BCUT2D eigenvalue weighted by Crippen LogP contribution is 2.26. The van der Waals surface area contributed by atoms with Gasteiger partial charge in [0, 0.05) is 55.5 Å². The van der Waals surface area contributed by atoms with E-state index in [-0.39, 0.29) is 48.1 Å². The van der Waals surface area contributed by atoms with Crippen molar-refractivity contribution in [2.24, 2.45) is 0 Å². The lowest BCUT2D eigenvalue weighted by molar-refractivity contribution is -0.123. The maximum atomic E-state index is 14.6. The van der Waals surface area contributed by atoms with Crippen molar-refractivity contribution in [3.8, 4) is 22.6 Å². The number of carbonyl (C=O) groups excluding carboxylic acids is 3. The number of nitrogens with two attached hydrogens (primary N) is 1. The van der Waals surface area contributed by atoms with E-state index in [0.717, 1.165) is 5.56 Å². The van der Waals surface area contributed by atoms with Crippen LogP contribution in [-0.4, -0.2) is 64.4 Å². The van der Waals surface area contributed by atoms with Crippen LogP contribution < -0.4 is 25.8 Å². The number of fused-ring (bicyclic) bond motifs is 8. The van der Waals surface area contributed by atoms with Gasteiger partial charge in [0.1, 0.15) is 29.1 Å². The Hall–Kier alpha value is -5.04.